The van der Waals surface area contributed by atoms with Crippen molar-refractivity contribution in [2.75, 3.05) is 39.5 Å². The van der Waals surface area contributed by atoms with E-state index in [4.69, 9.17) is 32.7 Å². The van der Waals surface area contributed by atoms with Gasteiger partial charge in [0.15, 0.2) is 0 Å². The first-order valence-electron chi connectivity index (χ1n) is 6.21. The number of aliphatic hydroxyl groups is 1. The largest absolute Gasteiger partial charge is 0.489 e. The Bertz CT molecular complexity index is 411. The summed E-state index contributed by atoms with van der Waals surface area (Å²) in [5.74, 6) is 0.534. The zero-order chi connectivity index (χ0) is 13.7. The van der Waals surface area contributed by atoms with Gasteiger partial charge in [-0.15, -0.1) is 0 Å². The van der Waals surface area contributed by atoms with E-state index in [0.29, 0.717) is 22.3 Å². The van der Waals surface area contributed by atoms with Crippen molar-refractivity contribution in [3.63, 3.8) is 0 Å². The van der Waals surface area contributed by atoms with Crippen molar-refractivity contribution < 1.29 is 14.6 Å². The third kappa shape index (κ3) is 4.82. The van der Waals surface area contributed by atoms with E-state index in [2.05, 4.69) is 4.90 Å². The fraction of sp³-hybridized carbons (Fsp3) is 0.538. The Kier molecular flexibility index (Phi) is 5.73. The molecule has 0 aromatic heterocycles. The molecule has 2 rings (SSSR count). The summed E-state index contributed by atoms with van der Waals surface area (Å²) in [5.41, 5.74) is 0. The van der Waals surface area contributed by atoms with Gasteiger partial charge < -0.3 is 14.6 Å². The van der Waals surface area contributed by atoms with Gasteiger partial charge in [-0.2, -0.15) is 0 Å². The number of ether oxygens (including phenoxy) is 2. The van der Waals surface area contributed by atoms with Crippen LogP contribution in [0.4, 0.5) is 0 Å². The summed E-state index contributed by atoms with van der Waals surface area (Å²) in [5, 5.41) is 10.9. The standard InChI is InChI=1S/C13H17Cl2NO3/c14-10-1-2-13(12(15)7-10)19-9-11(17)8-16-3-5-18-6-4-16/h1-2,7,11,17H,3-6,8-9H2. The first-order chi connectivity index (χ1) is 9.15. The first-order valence-corrected chi connectivity index (χ1v) is 6.97. The maximum Gasteiger partial charge on any atom is 0.138 e. The van der Waals surface area contributed by atoms with Crippen LogP contribution in [0.2, 0.25) is 10.0 Å². The highest BCUT2D eigenvalue weighted by atomic mass is 35.5. The lowest BCUT2D eigenvalue weighted by Crippen LogP contribution is -2.42. The van der Waals surface area contributed by atoms with Gasteiger partial charge in [0.05, 0.1) is 18.2 Å². The molecule has 0 bridgehead atoms. The Labute approximate surface area is 122 Å². The van der Waals surface area contributed by atoms with Gasteiger partial charge in [0.25, 0.3) is 0 Å². The first kappa shape index (κ1) is 14.9. The van der Waals surface area contributed by atoms with Gasteiger partial charge in [0, 0.05) is 24.7 Å². The maximum absolute atomic E-state index is 9.93. The number of β-amino-alcohol motifs (C(OH)–C–C–N with tert-alkyl or cyclic N) is 1. The Balaban J connectivity index is 1.77. The van der Waals surface area contributed by atoms with Gasteiger partial charge in [-0.25, -0.2) is 0 Å². The molecule has 1 fully saturated rings. The van der Waals surface area contributed by atoms with Crippen molar-refractivity contribution in [2.45, 2.75) is 6.10 Å². The van der Waals surface area contributed by atoms with Crippen LogP contribution in [0.15, 0.2) is 18.2 Å². The molecule has 0 amide bonds. The predicted molar refractivity (Wildman–Crippen MR) is 75.2 cm³/mol. The molecular formula is C13H17Cl2NO3. The Hall–Kier alpha value is -0.520. The van der Waals surface area contributed by atoms with E-state index >= 15 is 0 Å². The van der Waals surface area contributed by atoms with E-state index in [0.717, 1.165) is 26.3 Å². The van der Waals surface area contributed by atoms with Gasteiger partial charge in [-0.3, -0.25) is 4.90 Å². The SMILES string of the molecule is OC(COc1ccc(Cl)cc1Cl)CN1CCOCC1. The van der Waals surface area contributed by atoms with E-state index < -0.39 is 6.10 Å². The van der Waals surface area contributed by atoms with Crippen molar-refractivity contribution in [3.05, 3.63) is 28.2 Å². The van der Waals surface area contributed by atoms with Crippen molar-refractivity contribution in [1.29, 1.82) is 0 Å². The van der Waals surface area contributed by atoms with Crippen LogP contribution in [-0.4, -0.2) is 55.6 Å². The van der Waals surface area contributed by atoms with Gasteiger partial charge in [0.1, 0.15) is 18.5 Å². The molecule has 0 aliphatic carbocycles. The van der Waals surface area contributed by atoms with Gasteiger partial charge >= 0.3 is 0 Å². The van der Waals surface area contributed by atoms with Crippen LogP contribution >= 0.6 is 23.2 Å². The number of hydrogen-bond donors (Lipinski definition) is 1. The average Bonchev–Trinajstić information content (AvgIpc) is 2.39. The molecule has 1 heterocycles. The Morgan fingerprint density at radius 2 is 2.05 bits per heavy atom. The molecule has 106 valence electrons. The van der Waals surface area contributed by atoms with E-state index in [1.54, 1.807) is 18.2 Å². The molecule has 1 saturated heterocycles. The Morgan fingerprint density at radius 3 is 2.74 bits per heavy atom. The summed E-state index contributed by atoms with van der Waals surface area (Å²) in [4.78, 5) is 2.15. The molecule has 19 heavy (non-hydrogen) atoms. The summed E-state index contributed by atoms with van der Waals surface area (Å²) in [6.45, 7) is 3.91. The molecule has 0 spiro atoms. The van der Waals surface area contributed by atoms with Crippen LogP contribution in [0, 0.1) is 0 Å². The summed E-state index contributed by atoms with van der Waals surface area (Å²) in [6, 6.07) is 5.02. The number of rotatable bonds is 5. The number of morpholine rings is 1. The molecule has 4 nitrogen and oxygen atoms in total. The van der Waals surface area contributed by atoms with Gasteiger partial charge in [-0.05, 0) is 18.2 Å². The number of halogens is 2. The second-order valence-electron chi connectivity index (χ2n) is 4.45. The lowest BCUT2D eigenvalue weighted by molar-refractivity contribution is 0.00467. The summed E-state index contributed by atoms with van der Waals surface area (Å²) < 4.78 is 10.7. The van der Waals surface area contributed by atoms with Crippen LogP contribution in [0.25, 0.3) is 0 Å². The van der Waals surface area contributed by atoms with E-state index in [-0.39, 0.29) is 6.61 Å². The minimum atomic E-state index is -0.551. The highest BCUT2D eigenvalue weighted by Crippen LogP contribution is 2.27. The number of aliphatic hydroxyl groups excluding tert-OH is 1. The molecule has 1 unspecified atom stereocenters. The zero-order valence-electron chi connectivity index (χ0n) is 10.5. The lowest BCUT2D eigenvalue weighted by atomic mass is 10.3. The smallest absolute Gasteiger partial charge is 0.138 e. The molecule has 0 radical (unpaired) electrons. The highest BCUT2D eigenvalue weighted by Gasteiger charge is 2.15. The van der Waals surface area contributed by atoms with Crippen LogP contribution in [0.1, 0.15) is 0 Å². The normalized spacial score (nSPS) is 18.3. The fourth-order valence-corrected chi connectivity index (χ4v) is 2.38. The van der Waals surface area contributed by atoms with Crippen LogP contribution < -0.4 is 4.74 Å². The summed E-state index contributed by atoms with van der Waals surface area (Å²) in [7, 11) is 0. The minimum Gasteiger partial charge on any atom is -0.489 e. The maximum atomic E-state index is 9.93. The third-order valence-corrected chi connectivity index (χ3v) is 3.43. The lowest BCUT2D eigenvalue weighted by Gasteiger charge is -2.28. The number of hydrogen-bond acceptors (Lipinski definition) is 4. The van der Waals surface area contributed by atoms with Crippen molar-refractivity contribution in [3.8, 4) is 5.75 Å². The van der Waals surface area contributed by atoms with Crippen LogP contribution in [0.3, 0.4) is 0 Å². The Morgan fingerprint density at radius 1 is 1.32 bits per heavy atom. The third-order valence-electron chi connectivity index (χ3n) is 2.90. The minimum absolute atomic E-state index is 0.207. The molecular weight excluding hydrogens is 289 g/mol. The molecule has 0 saturated carbocycles. The molecule has 1 N–H and O–H groups in total. The fourth-order valence-electron chi connectivity index (χ4n) is 1.91. The molecule has 1 aromatic rings. The molecule has 1 aliphatic heterocycles. The average molecular weight is 306 g/mol. The molecule has 1 atom stereocenters. The van der Waals surface area contributed by atoms with Crippen molar-refractivity contribution >= 4 is 23.2 Å². The molecule has 1 aliphatic rings. The molecule has 6 heteroatoms. The van der Waals surface area contributed by atoms with E-state index in [1.165, 1.54) is 0 Å². The summed E-state index contributed by atoms with van der Waals surface area (Å²) >= 11 is 11.8. The summed E-state index contributed by atoms with van der Waals surface area (Å²) in [6.07, 6.45) is -0.551. The van der Waals surface area contributed by atoms with E-state index in [9.17, 15) is 5.11 Å². The van der Waals surface area contributed by atoms with E-state index in [1.807, 2.05) is 0 Å². The molecule has 1 aromatic carbocycles. The quantitative estimate of drug-likeness (QED) is 0.904. The topological polar surface area (TPSA) is 41.9 Å². The van der Waals surface area contributed by atoms with Gasteiger partial charge in [0.2, 0.25) is 0 Å². The number of benzene rings is 1. The second kappa shape index (κ2) is 7.31. The van der Waals surface area contributed by atoms with Crippen molar-refractivity contribution in [1.82, 2.24) is 4.90 Å². The zero-order valence-corrected chi connectivity index (χ0v) is 12.0. The van der Waals surface area contributed by atoms with Gasteiger partial charge in [-0.1, -0.05) is 23.2 Å². The van der Waals surface area contributed by atoms with Crippen molar-refractivity contribution in [2.24, 2.45) is 0 Å². The highest BCUT2D eigenvalue weighted by molar-refractivity contribution is 6.35. The van der Waals surface area contributed by atoms with Crippen LogP contribution in [0.5, 0.6) is 5.75 Å². The number of nitrogens with zero attached hydrogens (tertiary/aromatic N) is 1. The predicted octanol–water partition coefficient (Wildman–Crippen LogP) is 2.07. The second-order valence-corrected chi connectivity index (χ2v) is 5.30. The van der Waals surface area contributed by atoms with Crippen LogP contribution in [-0.2, 0) is 4.74 Å². The monoisotopic (exact) mass is 305 g/mol.